The molecule has 0 aromatic carbocycles. The van der Waals surface area contributed by atoms with Crippen molar-refractivity contribution < 1.29 is 18.2 Å². The Labute approximate surface area is 84.4 Å². The molecule has 14 heavy (non-hydrogen) atoms. The van der Waals surface area contributed by atoms with Gasteiger partial charge in [0.25, 0.3) is 10.1 Å². The third kappa shape index (κ3) is 2.44. The Hall–Kier alpha value is -1.12. The monoisotopic (exact) mass is 236 g/mol. The Morgan fingerprint density at radius 1 is 1.64 bits per heavy atom. The Morgan fingerprint density at radius 3 is 2.71 bits per heavy atom. The summed E-state index contributed by atoms with van der Waals surface area (Å²) in [6.45, 7) is 0. The predicted molar refractivity (Wildman–Crippen MR) is 52.5 cm³/mol. The quantitative estimate of drug-likeness (QED) is 0.307. The molecule has 0 unspecified atom stereocenters. The second kappa shape index (κ2) is 3.95. The van der Waals surface area contributed by atoms with Crippen molar-refractivity contribution in [2.75, 3.05) is 5.73 Å². The van der Waals surface area contributed by atoms with E-state index in [2.05, 4.69) is 5.16 Å². The molecule has 0 amide bonds. The molecule has 0 atom stereocenters. The average molecular weight is 236 g/mol. The van der Waals surface area contributed by atoms with E-state index in [1.54, 1.807) is 0 Å². The number of thiophene rings is 1. The summed E-state index contributed by atoms with van der Waals surface area (Å²) in [7, 11) is -4.26. The number of nitrogens with two attached hydrogens (primary N) is 1. The highest BCUT2D eigenvalue weighted by atomic mass is 32.2. The molecule has 78 valence electrons. The molecule has 1 heterocycles. The predicted octanol–water partition coefficient (Wildman–Crippen LogP) is 0.580. The molecule has 0 radical (unpaired) electrons. The normalized spacial score (nSPS) is 12.4. The summed E-state index contributed by atoms with van der Waals surface area (Å²) >= 11 is 1.02. The lowest BCUT2D eigenvalue weighted by Crippen LogP contribution is -1.99. The van der Waals surface area contributed by atoms with E-state index in [-0.39, 0.29) is 16.3 Å². The number of oxime groups is 1. The van der Waals surface area contributed by atoms with Gasteiger partial charge in [-0.1, -0.05) is 0 Å². The van der Waals surface area contributed by atoms with Gasteiger partial charge in [0.2, 0.25) is 0 Å². The lowest BCUT2D eigenvalue weighted by molar-refractivity contribution is 0.321. The fourth-order valence-electron chi connectivity index (χ4n) is 0.871. The van der Waals surface area contributed by atoms with Gasteiger partial charge in [-0.2, -0.15) is 8.42 Å². The maximum absolute atomic E-state index is 10.7. The minimum atomic E-state index is -4.26. The van der Waals surface area contributed by atoms with Crippen LogP contribution in [0.5, 0.6) is 0 Å². The Bertz CT molecular complexity index is 448. The number of nitrogens with zero attached hydrogens (tertiary/aromatic N) is 1. The van der Waals surface area contributed by atoms with Crippen LogP contribution >= 0.6 is 11.3 Å². The van der Waals surface area contributed by atoms with E-state index in [1.807, 2.05) is 0 Å². The van der Waals surface area contributed by atoms with Crippen LogP contribution in [0, 0.1) is 0 Å². The first-order chi connectivity index (χ1) is 6.45. The van der Waals surface area contributed by atoms with E-state index in [0.29, 0.717) is 4.88 Å². The average Bonchev–Trinajstić information content (AvgIpc) is 2.42. The van der Waals surface area contributed by atoms with E-state index in [0.717, 1.165) is 11.3 Å². The van der Waals surface area contributed by atoms with Crippen LogP contribution in [0.1, 0.15) is 4.88 Å². The van der Waals surface area contributed by atoms with Crippen molar-refractivity contribution in [2.24, 2.45) is 5.16 Å². The number of hydrogen-bond acceptors (Lipinski definition) is 6. The van der Waals surface area contributed by atoms with Crippen molar-refractivity contribution in [1.82, 2.24) is 0 Å². The van der Waals surface area contributed by atoms with Crippen LogP contribution < -0.4 is 5.73 Å². The van der Waals surface area contributed by atoms with Crippen LogP contribution in [0.15, 0.2) is 16.1 Å². The molecule has 8 heteroatoms. The Morgan fingerprint density at radius 2 is 2.29 bits per heavy atom. The fraction of sp³-hybridized carbons (Fsp3) is 0.167. The highest BCUT2D eigenvalue weighted by molar-refractivity contribution is 7.86. The maximum atomic E-state index is 10.7. The maximum Gasteiger partial charge on any atom is 0.297 e. The highest BCUT2D eigenvalue weighted by Crippen LogP contribution is 2.28. The molecule has 0 aliphatic carbocycles. The second-order valence-corrected chi connectivity index (χ2v) is 4.98. The molecule has 1 rings (SSSR count). The number of anilines is 1. The second-order valence-electron chi connectivity index (χ2n) is 2.42. The minimum absolute atomic E-state index is 0.0221. The van der Waals surface area contributed by atoms with Crippen LogP contribution in [-0.2, 0) is 16.5 Å². The van der Waals surface area contributed by atoms with Gasteiger partial charge in [-0.3, -0.25) is 4.55 Å². The molecule has 0 bridgehead atoms. The molecular weight excluding hydrogens is 228 g/mol. The van der Waals surface area contributed by atoms with Gasteiger partial charge in [0.1, 0.15) is 9.90 Å². The summed E-state index contributed by atoms with van der Waals surface area (Å²) in [4.78, 5) is 0.289. The molecule has 4 N–H and O–H groups in total. The van der Waals surface area contributed by atoms with Crippen molar-refractivity contribution in [3.8, 4) is 0 Å². The molecule has 6 nitrogen and oxygen atoms in total. The largest absolute Gasteiger partial charge is 0.411 e. The third-order valence-corrected chi connectivity index (χ3v) is 3.44. The zero-order chi connectivity index (χ0) is 10.8. The molecule has 0 saturated heterocycles. The van der Waals surface area contributed by atoms with Gasteiger partial charge in [0.05, 0.1) is 0 Å². The summed E-state index contributed by atoms with van der Waals surface area (Å²) in [6, 6.07) is 1.25. The van der Waals surface area contributed by atoms with Gasteiger partial charge in [-0.15, -0.1) is 16.5 Å². The molecule has 0 spiro atoms. The minimum Gasteiger partial charge on any atom is -0.411 e. The SMILES string of the molecule is Nc1sc(CC=NO)cc1S(=O)(=O)O. The smallest absolute Gasteiger partial charge is 0.297 e. The number of hydrogen-bond donors (Lipinski definition) is 3. The van der Waals surface area contributed by atoms with E-state index in [1.165, 1.54) is 12.3 Å². The lowest BCUT2D eigenvalue weighted by atomic mass is 10.4. The molecular formula is C6H8N2O4S2. The fourth-order valence-corrected chi connectivity index (χ4v) is 2.71. The third-order valence-electron chi connectivity index (χ3n) is 1.43. The lowest BCUT2D eigenvalue weighted by Gasteiger charge is -1.91. The van der Waals surface area contributed by atoms with Gasteiger partial charge in [0.15, 0.2) is 0 Å². The van der Waals surface area contributed by atoms with E-state index in [4.69, 9.17) is 15.5 Å². The van der Waals surface area contributed by atoms with E-state index < -0.39 is 10.1 Å². The zero-order valence-electron chi connectivity index (χ0n) is 6.91. The van der Waals surface area contributed by atoms with Crippen molar-refractivity contribution in [3.05, 3.63) is 10.9 Å². The topological polar surface area (TPSA) is 113 Å². The number of rotatable bonds is 3. The zero-order valence-corrected chi connectivity index (χ0v) is 8.55. The summed E-state index contributed by atoms with van der Waals surface area (Å²) in [5, 5.41) is 10.9. The first kappa shape index (κ1) is 11.0. The van der Waals surface area contributed by atoms with Gasteiger partial charge in [0, 0.05) is 17.5 Å². The summed E-state index contributed by atoms with van der Waals surface area (Å²) < 4.78 is 30.2. The summed E-state index contributed by atoms with van der Waals surface area (Å²) in [6.07, 6.45) is 1.46. The molecule has 1 aromatic rings. The van der Waals surface area contributed by atoms with Crippen molar-refractivity contribution in [1.29, 1.82) is 0 Å². The van der Waals surface area contributed by atoms with Gasteiger partial charge < -0.3 is 10.9 Å². The van der Waals surface area contributed by atoms with Gasteiger partial charge in [-0.05, 0) is 6.07 Å². The molecule has 0 aliphatic heterocycles. The van der Waals surface area contributed by atoms with Gasteiger partial charge in [-0.25, -0.2) is 0 Å². The Balaban J connectivity index is 3.06. The summed E-state index contributed by atoms with van der Waals surface area (Å²) in [5.41, 5.74) is 5.37. The molecule has 0 fully saturated rings. The number of nitrogen functional groups attached to an aromatic ring is 1. The first-order valence-corrected chi connectivity index (χ1v) is 5.72. The van der Waals surface area contributed by atoms with Crippen LogP contribution in [0.4, 0.5) is 5.00 Å². The van der Waals surface area contributed by atoms with Crippen LogP contribution in [-0.4, -0.2) is 24.4 Å². The van der Waals surface area contributed by atoms with Crippen LogP contribution in [0.25, 0.3) is 0 Å². The molecule has 0 aliphatic rings. The van der Waals surface area contributed by atoms with Crippen molar-refractivity contribution in [2.45, 2.75) is 11.3 Å². The summed E-state index contributed by atoms with van der Waals surface area (Å²) in [5.74, 6) is 0. The van der Waals surface area contributed by atoms with Crippen LogP contribution in [0.3, 0.4) is 0 Å². The van der Waals surface area contributed by atoms with Crippen molar-refractivity contribution >= 4 is 32.7 Å². The van der Waals surface area contributed by atoms with Gasteiger partial charge >= 0.3 is 0 Å². The molecule has 0 saturated carbocycles. The van der Waals surface area contributed by atoms with Crippen molar-refractivity contribution in [3.63, 3.8) is 0 Å². The highest BCUT2D eigenvalue weighted by Gasteiger charge is 2.17. The van der Waals surface area contributed by atoms with E-state index in [9.17, 15) is 8.42 Å². The van der Waals surface area contributed by atoms with Crippen LogP contribution in [0.2, 0.25) is 0 Å². The Kier molecular flexibility index (Phi) is 3.09. The van der Waals surface area contributed by atoms with E-state index >= 15 is 0 Å². The standard InChI is InChI=1S/C6H8N2O4S2/c7-6-5(14(10,11)12)3-4(13-6)1-2-8-9/h2-3,9H,1,7H2,(H,10,11,12). The first-order valence-electron chi connectivity index (χ1n) is 3.46. The molecule has 1 aromatic heterocycles.